The van der Waals surface area contributed by atoms with Crippen molar-refractivity contribution in [1.29, 1.82) is 0 Å². The third kappa shape index (κ3) is 1.32. The van der Waals surface area contributed by atoms with Crippen molar-refractivity contribution in [1.82, 2.24) is 4.90 Å². The number of aliphatic hydroxyl groups is 4. The molecule has 26 heavy (non-hydrogen) atoms. The molecule has 140 valence electrons. The number of rotatable bonds is 1. The molecule has 1 spiro atoms. The van der Waals surface area contributed by atoms with Gasteiger partial charge in [-0.15, -0.1) is 0 Å². The van der Waals surface area contributed by atoms with Crippen LogP contribution in [0.4, 0.5) is 5.69 Å². The summed E-state index contributed by atoms with van der Waals surface area (Å²) in [4.78, 5) is 4.05. The number of hydrogen-bond acceptors (Lipinski definition) is 6. The number of likely N-dealkylation sites (N-methyl/N-ethyl adjacent to an activating group) is 1. The van der Waals surface area contributed by atoms with Crippen LogP contribution in [0.2, 0.25) is 0 Å². The molecule has 0 radical (unpaired) electrons. The Morgan fingerprint density at radius 2 is 1.88 bits per heavy atom. The van der Waals surface area contributed by atoms with Crippen molar-refractivity contribution in [3.05, 3.63) is 29.8 Å². The molecule has 0 aromatic heterocycles. The van der Waals surface area contributed by atoms with E-state index in [0.717, 1.165) is 17.7 Å². The molecule has 6 nitrogen and oxygen atoms in total. The second-order valence-electron chi connectivity index (χ2n) is 9.09. The van der Waals surface area contributed by atoms with Crippen molar-refractivity contribution in [3.8, 4) is 0 Å². The third-order valence-corrected chi connectivity index (χ3v) is 8.58. The predicted octanol–water partition coefficient (Wildman–Crippen LogP) is -0.155. The molecule has 1 aliphatic carbocycles. The van der Waals surface area contributed by atoms with Crippen LogP contribution in [-0.2, 0) is 5.41 Å². The van der Waals surface area contributed by atoms with E-state index in [2.05, 4.69) is 11.0 Å². The van der Waals surface area contributed by atoms with Crippen molar-refractivity contribution in [3.63, 3.8) is 0 Å². The highest BCUT2D eigenvalue weighted by Gasteiger charge is 2.82. The molecule has 0 amide bonds. The maximum Gasteiger partial charge on any atom is 0.184 e. The summed E-state index contributed by atoms with van der Waals surface area (Å²) in [6.07, 6.45) is 0.118. The summed E-state index contributed by atoms with van der Waals surface area (Å²) in [6.45, 7) is 1.98. The highest BCUT2D eigenvalue weighted by Crippen LogP contribution is 2.70. The molecule has 4 saturated heterocycles. The Hall–Kier alpha value is -1.18. The Morgan fingerprint density at radius 1 is 1.15 bits per heavy atom. The van der Waals surface area contributed by atoms with Crippen LogP contribution in [-0.4, -0.2) is 68.6 Å². The minimum Gasteiger partial charge on any atom is -0.392 e. The van der Waals surface area contributed by atoms with Crippen molar-refractivity contribution < 1.29 is 20.4 Å². The molecular formula is C20H26N2O4. The van der Waals surface area contributed by atoms with E-state index in [1.165, 1.54) is 0 Å². The van der Waals surface area contributed by atoms with E-state index in [9.17, 15) is 20.4 Å². The number of fused-ring (bicyclic) bond motifs is 2. The Bertz CT molecular complexity index is 800. The van der Waals surface area contributed by atoms with Gasteiger partial charge < -0.3 is 25.3 Å². The van der Waals surface area contributed by atoms with Crippen molar-refractivity contribution >= 4 is 5.69 Å². The summed E-state index contributed by atoms with van der Waals surface area (Å²) in [5.41, 5.74) is 1.69. The maximum absolute atomic E-state index is 11.6. The average Bonchev–Trinajstić information content (AvgIpc) is 3.02. The first-order chi connectivity index (χ1) is 12.4. The number of hydrogen-bond donors (Lipinski definition) is 4. The van der Waals surface area contributed by atoms with Gasteiger partial charge in [0, 0.05) is 41.9 Å². The number of anilines is 1. The fourth-order valence-corrected chi connectivity index (χ4v) is 7.92. The summed E-state index contributed by atoms with van der Waals surface area (Å²) in [5, 5.41) is 45.3. The molecule has 6 aliphatic rings. The lowest BCUT2D eigenvalue weighted by atomic mass is 9.59. The van der Waals surface area contributed by atoms with Gasteiger partial charge in [-0.25, -0.2) is 0 Å². The van der Waals surface area contributed by atoms with Crippen molar-refractivity contribution in [2.75, 3.05) is 11.9 Å². The van der Waals surface area contributed by atoms with Gasteiger partial charge in [-0.1, -0.05) is 25.1 Å². The molecule has 5 bridgehead atoms. The SMILES string of the molecule is CC[C@@H]1[C@@H](O)N2[C@H]3[C@@H]4N(C)c5ccccc5[C@]45C[C@H]2C([C@@H]1C3(O)O)[C@@H]5O. The van der Waals surface area contributed by atoms with Crippen LogP contribution in [0.3, 0.4) is 0 Å². The fourth-order valence-electron chi connectivity index (χ4n) is 7.92. The summed E-state index contributed by atoms with van der Waals surface area (Å²) in [7, 11) is 1.98. The van der Waals surface area contributed by atoms with E-state index >= 15 is 0 Å². The zero-order chi connectivity index (χ0) is 18.2. The quantitative estimate of drug-likeness (QED) is 0.522. The highest BCUT2D eigenvalue weighted by atomic mass is 16.5. The van der Waals surface area contributed by atoms with E-state index in [1.807, 2.05) is 37.1 Å². The van der Waals surface area contributed by atoms with Crippen LogP contribution in [0.25, 0.3) is 0 Å². The van der Waals surface area contributed by atoms with E-state index in [1.54, 1.807) is 0 Å². The maximum atomic E-state index is 11.6. The van der Waals surface area contributed by atoms with E-state index in [4.69, 9.17) is 0 Å². The summed E-state index contributed by atoms with van der Waals surface area (Å²) >= 11 is 0. The van der Waals surface area contributed by atoms with Gasteiger partial charge in [-0.05, 0) is 24.5 Å². The van der Waals surface area contributed by atoms with Crippen molar-refractivity contribution in [2.24, 2.45) is 17.8 Å². The zero-order valence-corrected chi connectivity index (χ0v) is 15.0. The fraction of sp³-hybridized carbons (Fsp3) is 0.700. The van der Waals surface area contributed by atoms with E-state index in [0.29, 0.717) is 6.42 Å². The first-order valence-corrected chi connectivity index (χ1v) is 9.78. The largest absolute Gasteiger partial charge is 0.392 e. The van der Waals surface area contributed by atoms with Gasteiger partial charge in [0.2, 0.25) is 0 Å². The number of piperidine rings is 4. The molecular weight excluding hydrogens is 332 g/mol. The lowest BCUT2D eigenvalue weighted by Gasteiger charge is -2.66. The second kappa shape index (κ2) is 4.45. The summed E-state index contributed by atoms with van der Waals surface area (Å²) in [5.74, 6) is -2.86. The molecule has 5 heterocycles. The highest BCUT2D eigenvalue weighted by molar-refractivity contribution is 5.67. The lowest BCUT2D eigenvalue weighted by Crippen LogP contribution is -2.82. The molecule has 1 aromatic carbocycles. The molecule has 1 aromatic rings. The van der Waals surface area contributed by atoms with Crippen LogP contribution in [0.15, 0.2) is 24.3 Å². The predicted molar refractivity (Wildman–Crippen MR) is 94.3 cm³/mol. The van der Waals surface area contributed by atoms with E-state index in [-0.39, 0.29) is 23.9 Å². The van der Waals surface area contributed by atoms with Gasteiger partial charge in [-0.3, -0.25) is 4.90 Å². The molecule has 7 rings (SSSR count). The minimum atomic E-state index is -1.91. The second-order valence-corrected chi connectivity index (χ2v) is 9.09. The Balaban J connectivity index is 1.65. The molecule has 5 fully saturated rings. The van der Waals surface area contributed by atoms with Crippen molar-refractivity contribution in [2.45, 2.75) is 61.4 Å². The van der Waals surface area contributed by atoms with Gasteiger partial charge in [-0.2, -0.15) is 0 Å². The molecule has 6 heteroatoms. The van der Waals surface area contributed by atoms with Gasteiger partial charge in [0.05, 0.1) is 18.2 Å². The van der Waals surface area contributed by atoms with Crippen LogP contribution in [0.1, 0.15) is 25.3 Å². The first-order valence-electron chi connectivity index (χ1n) is 9.78. The zero-order valence-electron chi connectivity index (χ0n) is 15.0. The molecule has 10 atom stereocenters. The number of aliphatic hydroxyl groups excluding tert-OH is 2. The van der Waals surface area contributed by atoms with Crippen LogP contribution < -0.4 is 4.90 Å². The monoisotopic (exact) mass is 358 g/mol. The Labute approximate surface area is 152 Å². The Kier molecular flexibility index (Phi) is 2.71. The standard InChI is InChI=1S/C20H26N2O4/c1-3-9-14-13-12-8-19(17(13)23)10-6-4-5-7-11(10)21(2)15(19)16(20(14,25)26)22(12)18(9)24/h4-7,9,12-18,23-26H,3,8H2,1-2H3/t9-,12-,13?,14+,15-,16-,17-,18+,19+/m0/s1. The minimum absolute atomic E-state index is 0.000955. The first kappa shape index (κ1) is 15.8. The van der Waals surface area contributed by atoms with E-state index < -0.39 is 35.5 Å². The molecule has 5 aliphatic heterocycles. The number of nitrogens with zero attached hydrogens (tertiary/aromatic N) is 2. The number of benzene rings is 1. The van der Waals surface area contributed by atoms with Gasteiger partial charge in [0.15, 0.2) is 5.79 Å². The third-order valence-electron chi connectivity index (χ3n) is 8.58. The smallest absolute Gasteiger partial charge is 0.184 e. The van der Waals surface area contributed by atoms with Gasteiger partial charge in [0.1, 0.15) is 6.23 Å². The number of para-hydroxylation sites is 1. The molecule has 2 unspecified atom stereocenters. The van der Waals surface area contributed by atoms with Crippen LogP contribution >= 0.6 is 0 Å². The summed E-state index contributed by atoms with van der Waals surface area (Å²) in [6, 6.07) is 7.26. The van der Waals surface area contributed by atoms with Gasteiger partial charge in [0.25, 0.3) is 0 Å². The Morgan fingerprint density at radius 3 is 2.62 bits per heavy atom. The summed E-state index contributed by atoms with van der Waals surface area (Å²) < 4.78 is 0. The van der Waals surface area contributed by atoms with Crippen LogP contribution in [0, 0.1) is 17.8 Å². The normalized spacial score (nSPS) is 54.5. The molecule has 4 N–H and O–H groups in total. The molecule has 1 saturated carbocycles. The lowest BCUT2D eigenvalue weighted by molar-refractivity contribution is -0.363. The van der Waals surface area contributed by atoms with Crippen LogP contribution in [0.5, 0.6) is 0 Å². The van der Waals surface area contributed by atoms with Gasteiger partial charge >= 0.3 is 0 Å². The topological polar surface area (TPSA) is 87.4 Å². The average molecular weight is 358 g/mol.